The van der Waals surface area contributed by atoms with Gasteiger partial charge in [-0.15, -0.1) is 0 Å². The first-order valence-corrected chi connectivity index (χ1v) is 5.42. The second-order valence-corrected chi connectivity index (χ2v) is 3.62. The quantitative estimate of drug-likeness (QED) is 0.379. The molecule has 0 fully saturated rings. The SMILES string of the molecule is NC(=Nc1ccc([N+](=O)[O-])cn1)Nc1ccccc1. The Balaban J connectivity index is 2.10. The average Bonchev–Trinajstić information content (AvgIpc) is 2.40. The molecule has 19 heavy (non-hydrogen) atoms. The zero-order valence-corrected chi connectivity index (χ0v) is 9.85. The van der Waals surface area contributed by atoms with E-state index in [1.807, 2.05) is 30.3 Å². The lowest BCUT2D eigenvalue weighted by Crippen LogP contribution is -2.21. The van der Waals surface area contributed by atoms with Crippen molar-refractivity contribution in [3.63, 3.8) is 0 Å². The summed E-state index contributed by atoms with van der Waals surface area (Å²) in [5.41, 5.74) is 6.41. The molecule has 7 heteroatoms. The fourth-order valence-electron chi connectivity index (χ4n) is 1.37. The number of nitrogens with one attached hydrogen (secondary N) is 1. The number of aliphatic imine (C=N–C) groups is 1. The maximum absolute atomic E-state index is 10.5. The third-order valence-corrected chi connectivity index (χ3v) is 2.22. The summed E-state index contributed by atoms with van der Waals surface area (Å²) in [5.74, 6) is 0.457. The molecule has 1 aromatic carbocycles. The molecule has 2 aromatic rings. The molecule has 3 N–H and O–H groups in total. The Bertz CT molecular complexity index is 595. The molecule has 1 heterocycles. The van der Waals surface area contributed by atoms with E-state index in [9.17, 15) is 10.1 Å². The van der Waals surface area contributed by atoms with E-state index >= 15 is 0 Å². The van der Waals surface area contributed by atoms with Crippen molar-refractivity contribution in [2.45, 2.75) is 0 Å². The van der Waals surface area contributed by atoms with Crippen LogP contribution in [0.15, 0.2) is 53.7 Å². The maximum atomic E-state index is 10.5. The molecule has 0 amide bonds. The van der Waals surface area contributed by atoms with Gasteiger partial charge in [0.05, 0.1) is 4.92 Å². The molecule has 0 aliphatic carbocycles. The summed E-state index contributed by atoms with van der Waals surface area (Å²) in [4.78, 5) is 17.8. The molecule has 0 aliphatic rings. The minimum atomic E-state index is -0.522. The molecule has 0 atom stereocenters. The first-order valence-electron chi connectivity index (χ1n) is 5.42. The number of pyridine rings is 1. The van der Waals surface area contributed by atoms with Crippen LogP contribution in [0.1, 0.15) is 0 Å². The molecule has 0 saturated carbocycles. The van der Waals surface area contributed by atoms with Gasteiger partial charge in [-0.1, -0.05) is 18.2 Å². The summed E-state index contributed by atoms with van der Waals surface area (Å²) < 4.78 is 0. The lowest BCUT2D eigenvalue weighted by atomic mass is 10.3. The number of nitrogens with two attached hydrogens (primary N) is 1. The number of hydrogen-bond donors (Lipinski definition) is 2. The van der Waals surface area contributed by atoms with Gasteiger partial charge in [0.15, 0.2) is 11.8 Å². The van der Waals surface area contributed by atoms with Gasteiger partial charge in [0, 0.05) is 11.8 Å². The number of nitro groups is 1. The van der Waals surface area contributed by atoms with Crippen LogP contribution < -0.4 is 11.1 Å². The van der Waals surface area contributed by atoms with Crippen LogP contribution in [0.3, 0.4) is 0 Å². The van der Waals surface area contributed by atoms with Gasteiger partial charge < -0.3 is 11.1 Å². The molecule has 0 radical (unpaired) electrons. The predicted octanol–water partition coefficient (Wildman–Crippen LogP) is 2.05. The second kappa shape index (κ2) is 5.58. The monoisotopic (exact) mass is 257 g/mol. The van der Waals surface area contributed by atoms with Gasteiger partial charge in [0.2, 0.25) is 0 Å². The van der Waals surface area contributed by atoms with Crippen LogP contribution in [0.25, 0.3) is 0 Å². The zero-order valence-electron chi connectivity index (χ0n) is 9.85. The van der Waals surface area contributed by atoms with Crippen LogP contribution in [-0.4, -0.2) is 15.9 Å². The van der Waals surface area contributed by atoms with Gasteiger partial charge in [-0.3, -0.25) is 10.1 Å². The van der Waals surface area contributed by atoms with Crippen molar-refractivity contribution in [3.05, 3.63) is 58.8 Å². The van der Waals surface area contributed by atoms with Crippen LogP contribution in [-0.2, 0) is 0 Å². The second-order valence-electron chi connectivity index (χ2n) is 3.62. The Morgan fingerprint density at radius 1 is 1.26 bits per heavy atom. The van der Waals surface area contributed by atoms with Gasteiger partial charge in [-0.2, -0.15) is 4.99 Å². The number of rotatable bonds is 3. The highest BCUT2D eigenvalue weighted by molar-refractivity contribution is 5.93. The van der Waals surface area contributed by atoms with Crippen molar-refractivity contribution in [2.75, 3.05) is 5.32 Å². The van der Waals surface area contributed by atoms with Crippen molar-refractivity contribution >= 4 is 23.2 Å². The van der Waals surface area contributed by atoms with Crippen LogP contribution in [0.5, 0.6) is 0 Å². The molecule has 2 rings (SSSR count). The molecular weight excluding hydrogens is 246 g/mol. The molecule has 7 nitrogen and oxygen atoms in total. The summed E-state index contributed by atoms with van der Waals surface area (Å²) in [5, 5.41) is 13.3. The number of benzene rings is 1. The van der Waals surface area contributed by atoms with E-state index in [4.69, 9.17) is 5.73 Å². The summed E-state index contributed by atoms with van der Waals surface area (Å²) in [6, 6.07) is 12.0. The predicted molar refractivity (Wildman–Crippen MR) is 72.2 cm³/mol. The molecule has 0 aliphatic heterocycles. The fraction of sp³-hybridized carbons (Fsp3) is 0. The molecule has 0 unspecified atom stereocenters. The average molecular weight is 257 g/mol. The van der Waals surface area contributed by atoms with Crippen molar-refractivity contribution in [1.82, 2.24) is 4.98 Å². The molecule has 0 bridgehead atoms. The molecule has 0 spiro atoms. The van der Waals surface area contributed by atoms with Gasteiger partial charge in [-0.25, -0.2) is 4.98 Å². The Kier molecular flexibility index (Phi) is 3.67. The first kappa shape index (κ1) is 12.5. The van der Waals surface area contributed by atoms with E-state index in [-0.39, 0.29) is 11.6 Å². The summed E-state index contributed by atoms with van der Waals surface area (Å²) >= 11 is 0. The van der Waals surface area contributed by atoms with Gasteiger partial charge in [0.1, 0.15) is 6.20 Å². The molecule has 1 aromatic heterocycles. The lowest BCUT2D eigenvalue weighted by molar-refractivity contribution is -0.385. The Morgan fingerprint density at radius 3 is 2.58 bits per heavy atom. The molecular formula is C12H11N5O2. The van der Waals surface area contributed by atoms with E-state index in [2.05, 4.69) is 15.3 Å². The van der Waals surface area contributed by atoms with Gasteiger partial charge in [-0.05, 0) is 18.2 Å². The third kappa shape index (κ3) is 3.50. The lowest BCUT2D eigenvalue weighted by Gasteiger charge is -2.04. The van der Waals surface area contributed by atoms with E-state index < -0.39 is 4.92 Å². The normalized spacial score (nSPS) is 11.1. The Hall–Kier alpha value is -2.96. The van der Waals surface area contributed by atoms with Crippen molar-refractivity contribution in [3.8, 4) is 0 Å². The van der Waals surface area contributed by atoms with Gasteiger partial charge in [0.25, 0.3) is 5.69 Å². The number of hydrogen-bond acceptors (Lipinski definition) is 4. The number of para-hydroxylation sites is 1. The highest BCUT2D eigenvalue weighted by Crippen LogP contribution is 2.14. The van der Waals surface area contributed by atoms with Crippen LogP contribution in [0.4, 0.5) is 17.2 Å². The van der Waals surface area contributed by atoms with Crippen molar-refractivity contribution in [2.24, 2.45) is 10.7 Å². The third-order valence-electron chi connectivity index (χ3n) is 2.22. The summed E-state index contributed by atoms with van der Waals surface area (Å²) in [7, 11) is 0. The zero-order chi connectivity index (χ0) is 13.7. The van der Waals surface area contributed by atoms with Crippen LogP contribution in [0, 0.1) is 10.1 Å². The maximum Gasteiger partial charge on any atom is 0.287 e. The Labute approximate surface area is 109 Å². The largest absolute Gasteiger partial charge is 0.369 e. The number of nitrogens with zero attached hydrogens (tertiary/aromatic N) is 3. The Morgan fingerprint density at radius 2 is 2.00 bits per heavy atom. The van der Waals surface area contributed by atoms with E-state index in [0.29, 0.717) is 5.82 Å². The van der Waals surface area contributed by atoms with E-state index in [1.54, 1.807) is 0 Å². The van der Waals surface area contributed by atoms with Crippen LogP contribution >= 0.6 is 0 Å². The van der Waals surface area contributed by atoms with Crippen molar-refractivity contribution in [1.29, 1.82) is 0 Å². The molecule has 96 valence electrons. The standard InChI is InChI=1S/C12H11N5O2/c13-12(15-9-4-2-1-3-5-9)16-11-7-6-10(8-14-11)17(18)19/h1-8H,(H3,13,14,15,16). The molecule has 0 saturated heterocycles. The fourth-order valence-corrected chi connectivity index (χ4v) is 1.37. The van der Waals surface area contributed by atoms with E-state index in [0.717, 1.165) is 11.9 Å². The highest BCUT2D eigenvalue weighted by atomic mass is 16.6. The number of guanidine groups is 1. The minimum absolute atomic E-state index is 0.0893. The number of anilines is 1. The van der Waals surface area contributed by atoms with Crippen molar-refractivity contribution < 1.29 is 4.92 Å². The minimum Gasteiger partial charge on any atom is -0.369 e. The summed E-state index contributed by atoms with van der Waals surface area (Å²) in [6.45, 7) is 0. The summed E-state index contributed by atoms with van der Waals surface area (Å²) in [6.07, 6.45) is 1.13. The topological polar surface area (TPSA) is 106 Å². The highest BCUT2D eigenvalue weighted by Gasteiger charge is 2.04. The van der Waals surface area contributed by atoms with Gasteiger partial charge >= 0.3 is 0 Å². The first-order chi connectivity index (χ1) is 9.15. The van der Waals surface area contributed by atoms with Crippen LogP contribution in [0.2, 0.25) is 0 Å². The number of aromatic nitrogens is 1. The smallest absolute Gasteiger partial charge is 0.287 e. The van der Waals surface area contributed by atoms with E-state index in [1.165, 1.54) is 12.1 Å².